The van der Waals surface area contributed by atoms with E-state index < -0.39 is 35.6 Å². The van der Waals surface area contributed by atoms with Crippen molar-refractivity contribution in [2.45, 2.75) is 76.0 Å². The number of carbonyl (C=O) groups excluding carboxylic acids is 5. The van der Waals surface area contributed by atoms with Gasteiger partial charge < -0.3 is 21.3 Å². The molecule has 11 heteroatoms. The van der Waals surface area contributed by atoms with Gasteiger partial charge in [-0.2, -0.15) is 0 Å². The van der Waals surface area contributed by atoms with Gasteiger partial charge in [-0.3, -0.25) is 29.0 Å². The normalized spacial score (nSPS) is 14.3. The molecule has 11 nitrogen and oxygen atoms in total. The number of aromatic nitrogens is 2. The van der Waals surface area contributed by atoms with Crippen molar-refractivity contribution in [3.05, 3.63) is 108 Å². The van der Waals surface area contributed by atoms with Gasteiger partial charge in [0.25, 0.3) is 11.8 Å². The lowest BCUT2D eigenvalue weighted by atomic mass is 9.95. The quantitative estimate of drug-likeness (QED) is 0.152. The molecular formula is C37H40N6O5. The molecule has 248 valence electrons. The van der Waals surface area contributed by atoms with Crippen molar-refractivity contribution in [2.24, 2.45) is 0 Å². The second-order valence-electron chi connectivity index (χ2n) is 12.0. The molecule has 0 spiro atoms. The molecule has 4 aromatic rings. The van der Waals surface area contributed by atoms with Crippen LogP contribution >= 0.6 is 0 Å². The van der Waals surface area contributed by atoms with Gasteiger partial charge in [0.05, 0.1) is 23.3 Å². The summed E-state index contributed by atoms with van der Waals surface area (Å²) >= 11 is 0. The molecular weight excluding hydrogens is 608 g/mol. The molecule has 3 aromatic carbocycles. The molecule has 48 heavy (non-hydrogen) atoms. The van der Waals surface area contributed by atoms with Gasteiger partial charge in [-0.1, -0.05) is 92.1 Å². The third-order valence-electron chi connectivity index (χ3n) is 8.37. The number of benzene rings is 3. The van der Waals surface area contributed by atoms with Gasteiger partial charge in [-0.05, 0) is 42.5 Å². The predicted molar refractivity (Wildman–Crippen MR) is 180 cm³/mol. The number of Topliss-reactive ketones (excluding diaryl/α,β-unsaturated/α-hetero) is 1. The summed E-state index contributed by atoms with van der Waals surface area (Å²) in [6.07, 6.45) is 6.30. The fourth-order valence-corrected chi connectivity index (χ4v) is 5.74. The summed E-state index contributed by atoms with van der Waals surface area (Å²) < 4.78 is 0. The van der Waals surface area contributed by atoms with E-state index in [9.17, 15) is 24.0 Å². The van der Waals surface area contributed by atoms with E-state index in [2.05, 4.69) is 31.2 Å². The Morgan fingerprint density at radius 2 is 1.38 bits per heavy atom. The van der Waals surface area contributed by atoms with Gasteiger partial charge in [-0.25, -0.2) is 4.98 Å². The van der Waals surface area contributed by atoms with Crippen molar-refractivity contribution < 1.29 is 24.0 Å². The standard InChI is InChI=1S/C37H40N6O5/c44-33(40-27-16-8-3-9-17-27)21-20-30(34(45)37(48)39-23-26-14-6-2-7-15-26)42-35(46)31(22-25-12-4-1-5-13-25)43-36(47)32-24-38-28-18-10-11-19-29(28)41-32/h1-2,4-7,10-15,18-19,24,27,30-31H,3,8-9,16-17,20-23H2,(H,39,48)(H,40,44)(H,42,46)(H,43,47)/t30?,31-/m0/s1. The maximum Gasteiger partial charge on any atom is 0.289 e. The Balaban J connectivity index is 1.32. The molecule has 4 N–H and O–H groups in total. The number of hydrogen-bond acceptors (Lipinski definition) is 7. The van der Waals surface area contributed by atoms with Crippen molar-refractivity contribution >= 4 is 40.4 Å². The molecule has 1 aromatic heterocycles. The zero-order valence-electron chi connectivity index (χ0n) is 26.7. The third-order valence-corrected chi connectivity index (χ3v) is 8.37. The Labute approximate surface area is 279 Å². The number of hydrogen-bond donors (Lipinski definition) is 4. The molecule has 0 aliphatic heterocycles. The molecule has 1 unspecified atom stereocenters. The maximum absolute atomic E-state index is 13.9. The number of amides is 4. The Morgan fingerprint density at radius 3 is 2.08 bits per heavy atom. The Hall–Kier alpha value is -5.45. The average Bonchev–Trinajstić information content (AvgIpc) is 3.12. The fourth-order valence-electron chi connectivity index (χ4n) is 5.74. The van der Waals surface area contributed by atoms with E-state index in [0.717, 1.165) is 43.2 Å². The minimum absolute atomic E-state index is 0.0202. The van der Waals surface area contributed by atoms with Gasteiger partial charge in [0, 0.05) is 25.4 Å². The molecule has 1 fully saturated rings. The lowest BCUT2D eigenvalue weighted by Crippen LogP contribution is -2.54. The van der Waals surface area contributed by atoms with Gasteiger partial charge in [0.1, 0.15) is 11.7 Å². The highest BCUT2D eigenvalue weighted by molar-refractivity contribution is 6.38. The van der Waals surface area contributed by atoms with Crippen LogP contribution in [0.25, 0.3) is 11.0 Å². The van der Waals surface area contributed by atoms with Gasteiger partial charge in [0.2, 0.25) is 17.6 Å². The smallest absolute Gasteiger partial charge is 0.289 e. The van der Waals surface area contributed by atoms with Crippen molar-refractivity contribution in [1.29, 1.82) is 0 Å². The minimum Gasteiger partial charge on any atom is -0.353 e. The number of ketones is 1. The van der Waals surface area contributed by atoms with Crippen molar-refractivity contribution in [2.75, 3.05) is 0 Å². The zero-order valence-corrected chi connectivity index (χ0v) is 26.7. The summed E-state index contributed by atoms with van der Waals surface area (Å²) in [5.74, 6) is -3.31. The van der Waals surface area contributed by atoms with E-state index >= 15 is 0 Å². The topological polar surface area (TPSA) is 159 Å². The molecule has 0 radical (unpaired) electrons. The molecule has 1 heterocycles. The van der Waals surface area contributed by atoms with E-state index in [0.29, 0.717) is 11.0 Å². The van der Waals surface area contributed by atoms with Crippen molar-refractivity contribution in [3.8, 4) is 0 Å². The highest BCUT2D eigenvalue weighted by Gasteiger charge is 2.31. The largest absolute Gasteiger partial charge is 0.353 e. The summed E-state index contributed by atoms with van der Waals surface area (Å²) in [6.45, 7) is 0.119. The SMILES string of the molecule is O=C(CCC(NC(=O)[C@H](Cc1ccccc1)NC(=O)c1cnc2ccccc2n1)C(=O)C(=O)NCc1ccccc1)NC1CCCCC1. The number of para-hydroxylation sites is 2. The van der Waals surface area contributed by atoms with E-state index in [1.165, 1.54) is 6.20 Å². The first-order valence-electron chi connectivity index (χ1n) is 16.4. The van der Waals surface area contributed by atoms with E-state index in [1.54, 1.807) is 18.2 Å². The molecule has 0 bridgehead atoms. The monoisotopic (exact) mass is 648 g/mol. The molecule has 1 saturated carbocycles. The summed E-state index contributed by atoms with van der Waals surface area (Å²) in [5, 5.41) is 11.1. The second kappa shape index (κ2) is 16.9. The molecule has 1 aliphatic rings. The third kappa shape index (κ3) is 9.78. The van der Waals surface area contributed by atoms with Crippen LogP contribution in [0.1, 0.15) is 66.6 Å². The van der Waals surface area contributed by atoms with Crippen LogP contribution in [-0.2, 0) is 32.1 Å². The van der Waals surface area contributed by atoms with Crippen LogP contribution < -0.4 is 21.3 Å². The van der Waals surface area contributed by atoms with Crippen LogP contribution in [0.15, 0.2) is 91.1 Å². The Bertz CT molecular complexity index is 1730. The van der Waals surface area contributed by atoms with Gasteiger partial charge in [-0.15, -0.1) is 0 Å². The highest BCUT2D eigenvalue weighted by atomic mass is 16.2. The number of carbonyl (C=O) groups is 5. The van der Waals surface area contributed by atoms with E-state index in [4.69, 9.17) is 0 Å². The second-order valence-corrected chi connectivity index (χ2v) is 12.0. The molecule has 0 saturated heterocycles. The summed E-state index contributed by atoms with van der Waals surface area (Å²) in [4.78, 5) is 75.3. The number of rotatable bonds is 14. The van der Waals surface area contributed by atoms with Crippen LogP contribution in [0.2, 0.25) is 0 Å². The summed E-state index contributed by atoms with van der Waals surface area (Å²) in [7, 11) is 0. The predicted octanol–water partition coefficient (Wildman–Crippen LogP) is 3.57. The van der Waals surface area contributed by atoms with Crippen LogP contribution in [0.4, 0.5) is 0 Å². The Morgan fingerprint density at radius 1 is 0.729 bits per heavy atom. The number of fused-ring (bicyclic) bond motifs is 1. The fraction of sp³-hybridized carbons (Fsp3) is 0.324. The first-order valence-corrected chi connectivity index (χ1v) is 16.4. The number of nitrogens with one attached hydrogen (secondary N) is 4. The van der Waals surface area contributed by atoms with Crippen LogP contribution in [0.5, 0.6) is 0 Å². The zero-order chi connectivity index (χ0) is 33.7. The molecule has 1 aliphatic carbocycles. The lowest BCUT2D eigenvalue weighted by molar-refractivity contribution is -0.140. The van der Waals surface area contributed by atoms with Crippen molar-refractivity contribution in [3.63, 3.8) is 0 Å². The average molecular weight is 649 g/mol. The van der Waals surface area contributed by atoms with Crippen molar-refractivity contribution in [1.82, 2.24) is 31.2 Å². The Kier molecular flexibility index (Phi) is 11.9. The first-order chi connectivity index (χ1) is 23.4. The lowest BCUT2D eigenvalue weighted by Gasteiger charge is -2.24. The van der Waals surface area contributed by atoms with E-state index in [-0.39, 0.29) is 43.5 Å². The summed E-state index contributed by atoms with van der Waals surface area (Å²) in [6, 6.07) is 23.0. The minimum atomic E-state index is -1.30. The summed E-state index contributed by atoms with van der Waals surface area (Å²) in [5.41, 5.74) is 2.72. The molecule has 5 rings (SSSR count). The van der Waals surface area contributed by atoms with Crippen LogP contribution in [-0.4, -0.2) is 57.5 Å². The van der Waals surface area contributed by atoms with E-state index in [1.807, 2.05) is 66.7 Å². The van der Waals surface area contributed by atoms with Gasteiger partial charge in [0.15, 0.2) is 0 Å². The maximum atomic E-state index is 13.9. The molecule has 4 amide bonds. The van der Waals surface area contributed by atoms with Gasteiger partial charge >= 0.3 is 0 Å². The first kappa shape index (κ1) is 33.9. The van der Waals surface area contributed by atoms with Crippen LogP contribution in [0, 0.1) is 0 Å². The number of nitrogens with zero attached hydrogens (tertiary/aromatic N) is 2. The molecule has 2 atom stereocenters. The van der Waals surface area contributed by atoms with Crippen LogP contribution in [0.3, 0.4) is 0 Å². The highest BCUT2D eigenvalue weighted by Crippen LogP contribution is 2.18.